The van der Waals surface area contributed by atoms with Gasteiger partial charge >= 0.3 is 0 Å². The van der Waals surface area contributed by atoms with Crippen LogP contribution in [-0.2, 0) is 4.79 Å². The van der Waals surface area contributed by atoms with Crippen LogP contribution in [-0.4, -0.2) is 28.4 Å². The van der Waals surface area contributed by atoms with E-state index in [0.717, 1.165) is 5.56 Å². The zero-order chi connectivity index (χ0) is 10.8. The average Bonchev–Trinajstić information content (AvgIpc) is 2.54. The molecule has 0 aliphatic carbocycles. The molecule has 1 saturated heterocycles. The first-order valence-corrected chi connectivity index (χ1v) is 5.19. The molecule has 2 N–H and O–H groups in total. The molecule has 0 bridgehead atoms. The van der Waals surface area contributed by atoms with E-state index in [9.17, 15) is 4.79 Å². The van der Waals surface area contributed by atoms with E-state index < -0.39 is 0 Å². The minimum Gasteiger partial charge on any atom is -0.334 e. The van der Waals surface area contributed by atoms with Gasteiger partial charge in [-0.1, -0.05) is 0 Å². The van der Waals surface area contributed by atoms with Gasteiger partial charge < -0.3 is 10.6 Å². The molecular weight excluding hydrogens is 190 g/mol. The van der Waals surface area contributed by atoms with Gasteiger partial charge in [0.25, 0.3) is 0 Å². The second-order valence-electron chi connectivity index (χ2n) is 3.77. The van der Waals surface area contributed by atoms with Crippen LogP contribution in [0.25, 0.3) is 0 Å². The third-order valence-corrected chi connectivity index (χ3v) is 2.86. The maximum absolute atomic E-state index is 11.6. The van der Waals surface area contributed by atoms with Crippen molar-refractivity contribution in [2.45, 2.75) is 25.4 Å². The number of nitrogens with zero attached hydrogens (tertiary/aromatic N) is 2. The SMILES string of the molecule is CCN1C(=O)CC(N)C1c1ccncc1. The highest BCUT2D eigenvalue weighted by Gasteiger charge is 2.37. The number of rotatable bonds is 2. The van der Waals surface area contributed by atoms with Crippen molar-refractivity contribution in [3.05, 3.63) is 30.1 Å². The Morgan fingerprint density at radius 3 is 2.80 bits per heavy atom. The van der Waals surface area contributed by atoms with E-state index in [1.807, 2.05) is 24.0 Å². The molecule has 0 radical (unpaired) electrons. The largest absolute Gasteiger partial charge is 0.334 e. The number of nitrogens with two attached hydrogens (primary N) is 1. The zero-order valence-corrected chi connectivity index (χ0v) is 8.76. The molecule has 1 aromatic heterocycles. The van der Waals surface area contributed by atoms with Crippen molar-refractivity contribution in [3.63, 3.8) is 0 Å². The fourth-order valence-electron chi connectivity index (χ4n) is 2.18. The number of amides is 1. The van der Waals surface area contributed by atoms with Crippen molar-refractivity contribution in [1.29, 1.82) is 0 Å². The van der Waals surface area contributed by atoms with E-state index >= 15 is 0 Å². The Balaban J connectivity index is 2.31. The van der Waals surface area contributed by atoms with Gasteiger partial charge in [0.15, 0.2) is 0 Å². The lowest BCUT2D eigenvalue weighted by Crippen LogP contribution is -2.32. The standard InChI is InChI=1S/C11H15N3O/c1-2-14-10(15)7-9(12)11(14)8-3-5-13-6-4-8/h3-6,9,11H,2,7,12H2,1H3. The van der Waals surface area contributed by atoms with Gasteiger partial charge in [-0.25, -0.2) is 0 Å². The second kappa shape index (κ2) is 3.98. The fourth-order valence-corrected chi connectivity index (χ4v) is 2.18. The highest BCUT2D eigenvalue weighted by molar-refractivity contribution is 5.80. The molecule has 15 heavy (non-hydrogen) atoms. The third-order valence-electron chi connectivity index (χ3n) is 2.86. The first kappa shape index (κ1) is 10.1. The summed E-state index contributed by atoms with van der Waals surface area (Å²) in [6, 6.07) is 3.77. The maximum Gasteiger partial charge on any atom is 0.224 e. The molecule has 1 amide bonds. The summed E-state index contributed by atoms with van der Waals surface area (Å²) in [4.78, 5) is 17.4. The number of carbonyl (C=O) groups excluding carboxylic acids is 1. The van der Waals surface area contributed by atoms with Crippen molar-refractivity contribution >= 4 is 5.91 Å². The summed E-state index contributed by atoms with van der Waals surface area (Å²) >= 11 is 0. The molecule has 4 nitrogen and oxygen atoms in total. The molecule has 1 aromatic rings. The number of pyridine rings is 1. The Bertz CT molecular complexity index is 352. The smallest absolute Gasteiger partial charge is 0.224 e. The van der Waals surface area contributed by atoms with Crippen LogP contribution in [0.5, 0.6) is 0 Å². The predicted octanol–water partition coefficient (Wildman–Crippen LogP) is 0.702. The van der Waals surface area contributed by atoms with E-state index in [1.165, 1.54) is 0 Å². The first-order valence-electron chi connectivity index (χ1n) is 5.19. The van der Waals surface area contributed by atoms with E-state index in [0.29, 0.717) is 13.0 Å². The molecule has 1 fully saturated rings. The number of likely N-dealkylation sites (tertiary alicyclic amines) is 1. The fraction of sp³-hybridized carbons (Fsp3) is 0.455. The summed E-state index contributed by atoms with van der Waals surface area (Å²) in [5.41, 5.74) is 7.06. The number of likely N-dealkylation sites (N-methyl/N-ethyl adjacent to an activating group) is 1. The minimum atomic E-state index is -0.0974. The molecule has 4 heteroatoms. The minimum absolute atomic E-state index is 0.0190. The molecule has 1 aliphatic heterocycles. The topological polar surface area (TPSA) is 59.2 Å². The normalized spacial score (nSPS) is 26.0. The van der Waals surface area contributed by atoms with Gasteiger partial charge in [-0.05, 0) is 24.6 Å². The van der Waals surface area contributed by atoms with Gasteiger partial charge in [-0.15, -0.1) is 0 Å². The van der Waals surface area contributed by atoms with Crippen LogP contribution >= 0.6 is 0 Å². The summed E-state index contributed by atoms with van der Waals surface area (Å²) in [6.45, 7) is 2.68. The quantitative estimate of drug-likeness (QED) is 0.773. The Morgan fingerprint density at radius 1 is 1.53 bits per heavy atom. The van der Waals surface area contributed by atoms with Crippen LogP contribution < -0.4 is 5.73 Å². The van der Waals surface area contributed by atoms with Crippen LogP contribution in [0.4, 0.5) is 0 Å². The Morgan fingerprint density at radius 2 is 2.20 bits per heavy atom. The monoisotopic (exact) mass is 205 g/mol. The van der Waals surface area contributed by atoms with Crippen LogP contribution in [0.15, 0.2) is 24.5 Å². The van der Waals surface area contributed by atoms with Crippen molar-refractivity contribution in [2.75, 3.05) is 6.54 Å². The first-order chi connectivity index (χ1) is 7.24. The van der Waals surface area contributed by atoms with Crippen molar-refractivity contribution in [1.82, 2.24) is 9.88 Å². The third kappa shape index (κ3) is 1.72. The lowest BCUT2D eigenvalue weighted by atomic mass is 10.0. The molecule has 0 saturated carbocycles. The van der Waals surface area contributed by atoms with Crippen LogP contribution in [0, 0.1) is 0 Å². The molecule has 0 aromatic carbocycles. The summed E-state index contributed by atoms with van der Waals surface area (Å²) in [7, 11) is 0. The van der Waals surface area contributed by atoms with E-state index in [-0.39, 0.29) is 18.0 Å². The van der Waals surface area contributed by atoms with Crippen LogP contribution in [0.1, 0.15) is 24.9 Å². The maximum atomic E-state index is 11.6. The summed E-state index contributed by atoms with van der Waals surface area (Å²) in [5.74, 6) is 0.145. The molecule has 2 rings (SSSR count). The average molecular weight is 205 g/mol. The predicted molar refractivity (Wildman–Crippen MR) is 57.0 cm³/mol. The summed E-state index contributed by atoms with van der Waals surface area (Å²) in [5, 5.41) is 0. The van der Waals surface area contributed by atoms with Gasteiger partial charge in [0.2, 0.25) is 5.91 Å². The Kier molecular flexibility index (Phi) is 2.68. The van der Waals surface area contributed by atoms with Crippen LogP contribution in [0.3, 0.4) is 0 Å². The number of carbonyl (C=O) groups is 1. The molecule has 2 unspecified atom stereocenters. The van der Waals surface area contributed by atoms with Gasteiger partial charge in [0.1, 0.15) is 0 Å². The lowest BCUT2D eigenvalue weighted by molar-refractivity contribution is -0.128. The molecule has 2 heterocycles. The van der Waals surface area contributed by atoms with Gasteiger partial charge in [0.05, 0.1) is 6.04 Å². The van der Waals surface area contributed by atoms with Crippen molar-refractivity contribution in [2.24, 2.45) is 5.73 Å². The highest BCUT2D eigenvalue weighted by Crippen LogP contribution is 2.31. The van der Waals surface area contributed by atoms with E-state index in [2.05, 4.69) is 4.98 Å². The number of aromatic nitrogens is 1. The van der Waals surface area contributed by atoms with Crippen LogP contribution in [0.2, 0.25) is 0 Å². The lowest BCUT2D eigenvalue weighted by Gasteiger charge is -2.25. The van der Waals surface area contributed by atoms with Crippen molar-refractivity contribution in [3.8, 4) is 0 Å². The highest BCUT2D eigenvalue weighted by atomic mass is 16.2. The van der Waals surface area contributed by atoms with E-state index in [1.54, 1.807) is 12.4 Å². The molecular formula is C11H15N3O. The van der Waals surface area contributed by atoms with Gasteiger partial charge in [-0.2, -0.15) is 0 Å². The summed E-state index contributed by atoms with van der Waals surface area (Å²) in [6.07, 6.45) is 3.91. The molecule has 80 valence electrons. The zero-order valence-electron chi connectivity index (χ0n) is 8.76. The Hall–Kier alpha value is -1.42. The van der Waals surface area contributed by atoms with Crippen molar-refractivity contribution < 1.29 is 4.79 Å². The molecule has 0 spiro atoms. The number of hydrogen-bond donors (Lipinski definition) is 1. The second-order valence-corrected chi connectivity index (χ2v) is 3.77. The summed E-state index contributed by atoms with van der Waals surface area (Å²) < 4.78 is 0. The number of hydrogen-bond acceptors (Lipinski definition) is 3. The molecule has 2 atom stereocenters. The van der Waals surface area contributed by atoms with E-state index in [4.69, 9.17) is 5.73 Å². The molecule has 1 aliphatic rings. The Labute approximate surface area is 89.1 Å². The van der Waals surface area contributed by atoms with Gasteiger partial charge in [-0.3, -0.25) is 9.78 Å². The van der Waals surface area contributed by atoms with Gasteiger partial charge in [0, 0.05) is 31.4 Å².